The third kappa shape index (κ3) is 2.29. The molecule has 1 aromatic heterocycles. The maximum Gasteiger partial charge on any atom is 0.0553 e. The van der Waals surface area contributed by atoms with Gasteiger partial charge in [-0.3, -0.25) is 4.98 Å². The van der Waals surface area contributed by atoms with Crippen LogP contribution in [-0.4, -0.2) is 43.1 Å². The molecule has 1 unspecified atom stereocenters. The molecule has 1 atom stereocenters. The summed E-state index contributed by atoms with van der Waals surface area (Å²) < 4.78 is 0. The molecule has 0 aromatic carbocycles. The Morgan fingerprint density at radius 2 is 2.20 bits per heavy atom. The van der Waals surface area contributed by atoms with E-state index in [1.54, 1.807) is 0 Å². The van der Waals surface area contributed by atoms with Gasteiger partial charge in [-0.2, -0.15) is 0 Å². The first-order valence-corrected chi connectivity index (χ1v) is 5.51. The van der Waals surface area contributed by atoms with Crippen LogP contribution >= 0.6 is 0 Å². The van der Waals surface area contributed by atoms with Crippen LogP contribution in [-0.2, 0) is 0 Å². The lowest BCUT2D eigenvalue weighted by atomic mass is 10.2. The number of pyridine rings is 1. The first-order valence-electron chi connectivity index (χ1n) is 5.51. The summed E-state index contributed by atoms with van der Waals surface area (Å²) in [5.74, 6) is 0. The van der Waals surface area contributed by atoms with Gasteiger partial charge >= 0.3 is 0 Å². The number of hydrogen-bond donors (Lipinski definition) is 0. The summed E-state index contributed by atoms with van der Waals surface area (Å²) >= 11 is 0. The van der Waals surface area contributed by atoms with Crippen molar-refractivity contribution in [3.8, 4) is 0 Å². The van der Waals surface area contributed by atoms with E-state index in [4.69, 9.17) is 0 Å². The highest BCUT2D eigenvalue weighted by Crippen LogP contribution is 2.21. The van der Waals surface area contributed by atoms with Crippen LogP contribution < -0.4 is 4.90 Å². The molecule has 1 saturated heterocycles. The predicted molar refractivity (Wildman–Crippen MR) is 63.3 cm³/mol. The maximum atomic E-state index is 4.34. The molecule has 3 heteroatoms. The molecule has 0 saturated carbocycles. The number of nitrogens with zero attached hydrogens (tertiary/aromatic N) is 3. The van der Waals surface area contributed by atoms with Gasteiger partial charge in [0.15, 0.2) is 0 Å². The van der Waals surface area contributed by atoms with Crippen molar-refractivity contribution >= 4 is 5.69 Å². The monoisotopic (exact) mass is 205 g/mol. The van der Waals surface area contributed by atoms with Gasteiger partial charge in [0.1, 0.15) is 0 Å². The van der Waals surface area contributed by atoms with Crippen LogP contribution in [0.5, 0.6) is 0 Å². The molecule has 0 spiro atoms. The summed E-state index contributed by atoms with van der Waals surface area (Å²) in [5.41, 5.74) is 2.34. The Labute approximate surface area is 91.7 Å². The molecule has 2 heterocycles. The minimum Gasteiger partial charge on any atom is -0.369 e. The number of likely N-dealkylation sites (N-methyl/N-ethyl adjacent to an activating group) is 1. The Morgan fingerprint density at radius 1 is 1.40 bits per heavy atom. The Morgan fingerprint density at radius 3 is 2.73 bits per heavy atom. The molecule has 3 nitrogen and oxygen atoms in total. The average molecular weight is 205 g/mol. The molecule has 0 aliphatic carbocycles. The third-order valence-electron chi connectivity index (χ3n) is 3.15. The zero-order valence-corrected chi connectivity index (χ0v) is 9.77. The van der Waals surface area contributed by atoms with E-state index in [0.717, 1.165) is 18.8 Å². The first-order chi connectivity index (χ1) is 7.16. The molecule has 1 aliphatic heterocycles. The molecule has 82 valence electrons. The van der Waals surface area contributed by atoms with Crippen molar-refractivity contribution in [3.05, 3.63) is 24.0 Å². The second-order valence-electron chi connectivity index (χ2n) is 4.51. The van der Waals surface area contributed by atoms with Crippen molar-refractivity contribution in [3.63, 3.8) is 0 Å². The smallest absolute Gasteiger partial charge is 0.0553 e. The molecule has 0 radical (unpaired) electrons. The van der Waals surface area contributed by atoms with Crippen LogP contribution in [0.15, 0.2) is 18.3 Å². The summed E-state index contributed by atoms with van der Waals surface area (Å²) in [6.45, 7) is 4.29. The van der Waals surface area contributed by atoms with E-state index in [1.165, 1.54) is 12.1 Å². The van der Waals surface area contributed by atoms with Gasteiger partial charge in [-0.05, 0) is 39.6 Å². The average Bonchev–Trinajstić information content (AvgIpc) is 2.68. The quantitative estimate of drug-likeness (QED) is 0.730. The van der Waals surface area contributed by atoms with Gasteiger partial charge in [-0.15, -0.1) is 0 Å². The van der Waals surface area contributed by atoms with Crippen molar-refractivity contribution < 1.29 is 0 Å². The summed E-state index contributed by atoms with van der Waals surface area (Å²) in [7, 11) is 4.31. The minimum absolute atomic E-state index is 0.686. The second-order valence-corrected chi connectivity index (χ2v) is 4.51. The van der Waals surface area contributed by atoms with Crippen molar-refractivity contribution in [2.75, 3.05) is 32.1 Å². The molecule has 2 rings (SSSR count). The van der Waals surface area contributed by atoms with Gasteiger partial charge in [0.2, 0.25) is 0 Å². The van der Waals surface area contributed by atoms with E-state index >= 15 is 0 Å². The molecular formula is C12H19N3. The van der Waals surface area contributed by atoms with Gasteiger partial charge in [0.25, 0.3) is 0 Å². The molecule has 1 aliphatic rings. The molecule has 0 amide bonds. The fourth-order valence-electron chi connectivity index (χ4n) is 2.04. The largest absolute Gasteiger partial charge is 0.369 e. The third-order valence-corrected chi connectivity index (χ3v) is 3.15. The summed E-state index contributed by atoms with van der Waals surface area (Å²) in [6, 6.07) is 4.94. The Bertz CT molecular complexity index is 318. The molecule has 0 bridgehead atoms. The van der Waals surface area contributed by atoms with Gasteiger partial charge < -0.3 is 9.80 Å². The van der Waals surface area contributed by atoms with Gasteiger partial charge in [0.05, 0.1) is 11.9 Å². The zero-order valence-electron chi connectivity index (χ0n) is 9.77. The van der Waals surface area contributed by atoms with E-state index in [1.807, 2.05) is 13.1 Å². The van der Waals surface area contributed by atoms with Crippen LogP contribution in [0.2, 0.25) is 0 Å². The second kappa shape index (κ2) is 4.19. The minimum atomic E-state index is 0.686. The van der Waals surface area contributed by atoms with E-state index in [9.17, 15) is 0 Å². The van der Waals surface area contributed by atoms with Crippen LogP contribution in [0.3, 0.4) is 0 Å². The zero-order chi connectivity index (χ0) is 10.8. The van der Waals surface area contributed by atoms with Crippen molar-refractivity contribution in [1.29, 1.82) is 0 Å². The standard InChI is InChI=1S/C12H19N3/c1-10-4-5-11(8-13-10)15-7-6-12(9-15)14(2)3/h4-5,8,12H,6-7,9H2,1-3H3. The van der Waals surface area contributed by atoms with Gasteiger partial charge in [-0.1, -0.05) is 0 Å². The molecule has 1 aromatic rings. The Hall–Kier alpha value is -1.09. The Kier molecular flexibility index (Phi) is 2.91. The van der Waals surface area contributed by atoms with Crippen molar-refractivity contribution in [1.82, 2.24) is 9.88 Å². The number of aryl methyl sites for hydroxylation is 1. The lowest BCUT2D eigenvalue weighted by Gasteiger charge is -2.21. The Balaban J connectivity index is 2.04. The first kappa shape index (κ1) is 10.4. The number of rotatable bonds is 2. The SMILES string of the molecule is Cc1ccc(N2CCC(N(C)C)C2)cn1. The predicted octanol–water partition coefficient (Wildman–Crippen LogP) is 1.53. The van der Waals surface area contributed by atoms with Gasteiger partial charge in [0, 0.05) is 24.8 Å². The molecule has 0 N–H and O–H groups in total. The van der Waals surface area contributed by atoms with E-state index in [0.29, 0.717) is 6.04 Å². The number of aromatic nitrogens is 1. The van der Waals surface area contributed by atoms with E-state index < -0.39 is 0 Å². The van der Waals surface area contributed by atoms with E-state index in [-0.39, 0.29) is 0 Å². The molecule has 15 heavy (non-hydrogen) atoms. The van der Waals surface area contributed by atoms with Crippen molar-refractivity contribution in [2.45, 2.75) is 19.4 Å². The van der Waals surface area contributed by atoms with Crippen molar-refractivity contribution in [2.24, 2.45) is 0 Å². The fraction of sp³-hybridized carbons (Fsp3) is 0.583. The van der Waals surface area contributed by atoms with Crippen LogP contribution in [0.1, 0.15) is 12.1 Å². The molecule has 1 fully saturated rings. The summed E-state index contributed by atoms with van der Waals surface area (Å²) in [6.07, 6.45) is 3.23. The van der Waals surface area contributed by atoms with Crippen LogP contribution in [0.4, 0.5) is 5.69 Å². The summed E-state index contributed by atoms with van der Waals surface area (Å²) in [5, 5.41) is 0. The van der Waals surface area contributed by atoms with Crippen LogP contribution in [0, 0.1) is 6.92 Å². The maximum absolute atomic E-state index is 4.34. The molecular weight excluding hydrogens is 186 g/mol. The highest BCUT2D eigenvalue weighted by molar-refractivity contribution is 5.45. The number of anilines is 1. The van der Waals surface area contributed by atoms with Gasteiger partial charge in [-0.25, -0.2) is 0 Å². The summed E-state index contributed by atoms with van der Waals surface area (Å²) in [4.78, 5) is 9.06. The van der Waals surface area contributed by atoms with E-state index in [2.05, 4.69) is 41.0 Å². The normalized spacial score (nSPS) is 21.3. The lowest BCUT2D eigenvalue weighted by molar-refractivity contribution is 0.315. The lowest BCUT2D eigenvalue weighted by Crippen LogP contribution is -2.31. The number of hydrogen-bond acceptors (Lipinski definition) is 3. The highest BCUT2D eigenvalue weighted by Gasteiger charge is 2.23. The van der Waals surface area contributed by atoms with Crippen LogP contribution in [0.25, 0.3) is 0 Å². The topological polar surface area (TPSA) is 19.4 Å². The highest BCUT2D eigenvalue weighted by atomic mass is 15.2. The fourth-order valence-corrected chi connectivity index (χ4v) is 2.04.